The molecular formula is C12H15F4NO2S. The summed E-state index contributed by atoms with van der Waals surface area (Å²) in [7, 11) is -3.61. The fourth-order valence-corrected chi connectivity index (χ4v) is 2.18. The van der Waals surface area contributed by atoms with E-state index in [4.69, 9.17) is 5.73 Å². The van der Waals surface area contributed by atoms with Crippen LogP contribution in [-0.2, 0) is 16.0 Å². The van der Waals surface area contributed by atoms with Crippen molar-refractivity contribution in [1.29, 1.82) is 0 Å². The molecule has 114 valence electrons. The van der Waals surface area contributed by atoms with Crippen LogP contribution in [-0.4, -0.2) is 19.4 Å². The first kappa shape index (κ1) is 16.9. The van der Waals surface area contributed by atoms with Gasteiger partial charge in [-0.3, -0.25) is 0 Å². The lowest BCUT2D eigenvalue weighted by atomic mass is 9.94. The minimum Gasteiger partial charge on any atom is -0.323 e. The Labute approximate surface area is 114 Å². The monoisotopic (exact) mass is 313 g/mol. The van der Waals surface area contributed by atoms with Gasteiger partial charge in [-0.1, -0.05) is 6.07 Å². The molecule has 0 amide bonds. The highest BCUT2D eigenvalue weighted by atomic mass is 32.2. The maximum absolute atomic E-state index is 13.2. The van der Waals surface area contributed by atoms with E-state index in [0.29, 0.717) is 12.1 Å². The average Bonchev–Trinajstić information content (AvgIpc) is 2.25. The normalized spacial score (nSPS) is 15.2. The molecule has 1 atom stereocenters. The summed E-state index contributed by atoms with van der Waals surface area (Å²) in [6.45, 7) is 2.62. The predicted molar refractivity (Wildman–Crippen MR) is 67.3 cm³/mol. The highest BCUT2D eigenvalue weighted by Crippen LogP contribution is 2.36. The number of hydrogen-bond acceptors (Lipinski definition) is 3. The molecule has 0 spiro atoms. The zero-order valence-corrected chi connectivity index (χ0v) is 11.9. The van der Waals surface area contributed by atoms with Gasteiger partial charge in [0.05, 0.1) is 10.3 Å². The quantitative estimate of drug-likeness (QED) is 0.873. The zero-order chi connectivity index (χ0) is 15.9. The molecule has 1 aromatic carbocycles. The van der Waals surface area contributed by atoms with Crippen LogP contribution < -0.4 is 5.73 Å². The van der Waals surface area contributed by atoms with E-state index in [9.17, 15) is 26.0 Å². The predicted octanol–water partition coefficient (Wildman–Crippen LogP) is 2.67. The maximum atomic E-state index is 13.2. The molecule has 1 aromatic rings. The largest absolute Gasteiger partial charge is 0.419 e. The van der Waals surface area contributed by atoms with Crippen LogP contribution in [0.2, 0.25) is 0 Å². The van der Waals surface area contributed by atoms with Crippen molar-refractivity contribution in [3.05, 3.63) is 35.1 Å². The Bertz CT molecular complexity index is 608. The minimum absolute atomic E-state index is 0.0887. The summed E-state index contributed by atoms with van der Waals surface area (Å²) < 4.78 is 72.9. The topological polar surface area (TPSA) is 60.2 Å². The lowest BCUT2D eigenvalue weighted by Gasteiger charge is -2.30. The number of rotatable bonds is 3. The second-order valence-corrected chi connectivity index (χ2v) is 7.69. The van der Waals surface area contributed by atoms with E-state index in [1.165, 1.54) is 13.8 Å². The van der Waals surface area contributed by atoms with Gasteiger partial charge in [-0.05, 0) is 31.5 Å². The molecule has 0 heterocycles. The number of alkyl halides is 3. The van der Waals surface area contributed by atoms with Crippen LogP contribution in [0, 0.1) is 5.82 Å². The summed E-state index contributed by atoms with van der Waals surface area (Å²) >= 11 is 0. The second kappa shape index (κ2) is 5.00. The molecule has 20 heavy (non-hydrogen) atoms. The summed E-state index contributed by atoms with van der Waals surface area (Å²) in [6.07, 6.45) is -3.92. The Balaban J connectivity index is 3.36. The van der Waals surface area contributed by atoms with Gasteiger partial charge < -0.3 is 5.73 Å². The third kappa shape index (κ3) is 3.12. The Morgan fingerprint density at radius 1 is 1.20 bits per heavy atom. The molecule has 1 unspecified atom stereocenters. The maximum Gasteiger partial charge on any atom is 0.419 e. The van der Waals surface area contributed by atoms with Gasteiger partial charge in [0, 0.05) is 12.3 Å². The van der Waals surface area contributed by atoms with Crippen LogP contribution in [0.15, 0.2) is 18.2 Å². The highest BCUT2D eigenvalue weighted by molar-refractivity contribution is 7.92. The molecule has 3 nitrogen and oxygen atoms in total. The Kier molecular flexibility index (Phi) is 4.22. The highest BCUT2D eigenvalue weighted by Gasteiger charge is 2.40. The first-order valence-electron chi connectivity index (χ1n) is 5.60. The van der Waals surface area contributed by atoms with Crippen LogP contribution in [0.1, 0.15) is 31.0 Å². The molecule has 0 bridgehead atoms. The molecule has 0 radical (unpaired) electrons. The molecule has 0 fully saturated rings. The number of sulfone groups is 1. The zero-order valence-electron chi connectivity index (χ0n) is 11.1. The Morgan fingerprint density at radius 3 is 2.10 bits per heavy atom. The first-order chi connectivity index (χ1) is 8.78. The smallest absolute Gasteiger partial charge is 0.323 e. The third-order valence-electron chi connectivity index (χ3n) is 3.36. The van der Waals surface area contributed by atoms with Gasteiger partial charge in [-0.2, -0.15) is 13.2 Å². The van der Waals surface area contributed by atoms with E-state index < -0.39 is 38.2 Å². The van der Waals surface area contributed by atoms with E-state index in [1.54, 1.807) is 0 Å². The molecule has 0 aromatic heterocycles. The van der Waals surface area contributed by atoms with Gasteiger partial charge in [0.2, 0.25) is 0 Å². The molecule has 0 aliphatic carbocycles. The summed E-state index contributed by atoms with van der Waals surface area (Å²) in [5, 5.41) is 0. The Morgan fingerprint density at radius 2 is 1.70 bits per heavy atom. The van der Waals surface area contributed by atoms with Crippen molar-refractivity contribution >= 4 is 9.84 Å². The van der Waals surface area contributed by atoms with Crippen molar-refractivity contribution in [1.82, 2.24) is 0 Å². The average molecular weight is 313 g/mol. The lowest BCUT2D eigenvalue weighted by molar-refractivity contribution is -0.140. The van der Waals surface area contributed by atoms with Crippen LogP contribution >= 0.6 is 0 Å². The van der Waals surface area contributed by atoms with E-state index in [1.807, 2.05) is 0 Å². The molecule has 1 rings (SSSR count). The van der Waals surface area contributed by atoms with Crippen molar-refractivity contribution in [3.8, 4) is 0 Å². The van der Waals surface area contributed by atoms with E-state index >= 15 is 0 Å². The van der Waals surface area contributed by atoms with Crippen molar-refractivity contribution in [3.63, 3.8) is 0 Å². The van der Waals surface area contributed by atoms with Gasteiger partial charge in [-0.15, -0.1) is 0 Å². The number of halogens is 4. The SMILES string of the molecule is CC(C)(C(N)c1ccc(F)c(C(F)(F)F)c1)S(C)(=O)=O. The van der Waals surface area contributed by atoms with E-state index in [2.05, 4.69) is 0 Å². The van der Waals surface area contributed by atoms with Gasteiger partial charge in [0.25, 0.3) is 0 Å². The standard InChI is InChI=1S/C12H15F4NO2S/c1-11(2,20(3,18)19)10(17)7-4-5-9(13)8(6-7)12(14,15)16/h4-6,10H,17H2,1-3H3. The lowest BCUT2D eigenvalue weighted by Crippen LogP contribution is -2.42. The first-order valence-corrected chi connectivity index (χ1v) is 7.49. The van der Waals surface area contributed by atoms with Crippen LogP contribution in [0.25, 0.3) is 0 Å². The molecule has 0 saturated carbocycles. The van der Waals surface area contributed by atoms with Gasteiger partial charge >= 0.3 is 6.18 Å². The number of benzene rings is 1. The van der Waals surface area contributed by atoms with Crippen LogP contribution in [0.5, 0.6) is 0 Å². The fraction of sp³-hybridized carbons (Fsp3) is 0.500. The fourth-order valence-electron chi connectivity index (χ4n) is 1.59. The van der Waals surface area contributed by atoms with Crippen molar-refractivity contribution in [2.75, 3.05) is 6.26 Å². The molecular weight excluding hydrogens is 298 g/mol. The van der Waals surface area contributed by atoms with Crippen molar-refractivity contribution < 1.29 is 26.0 Å². The summed E-state index contributed by atoms with van der Waals surface area (Å²) in [4.78, 5) is 0. The molecule has 0 saturated heterocycles. The third-order valence-corrected chi connectivity index (χ3v) is 5.52. The number of nitrogens with two attached hydrogens (primary N) is 1. The van der Waals surface area contributed by atoms with Crippen LogP contribution in [0.3, 0.4) is 0 Å². The van der Waals surface area contributed by atoms with Crippen molar-refractivity contribution in [2.24, 2.45) is 5.73 Å². The van der Waals surface area contributed by atoms with Gasteiger partial charge in [-0.25, -0.2) is 12.8 Å². The van der Waals surface area contributed by atoms with E-state index in [0.717, 1.165) is 12.3 Å². The van der Waals surface area contributed by atoms with Gasteiger partial charge in [0.1, 0.15) is 5.82 Å². The van der Waals surface area contributed by atoms with Crippen molar-refractivity contribution in [2.45, 2.75) is 30.8 Å². The summed E-state index contributed by atoms with van der Waals surface area (Å²) in [5.74, 6) is -1.43. The van der Waals surface area contributed by atoms with Crippen LogP contribution in [0.4, 0.5) is 17.6 Å². The molecule has 2 N–H and O–H groups in total. The second-order valence-electron chi connectivity index (χ2n) is 5.09. The minimum atomic E-state index is -4.87. The van der Waals surface area contributed by atoms with E-state index in [-0.39, 0.29) is 5.56 Å². The summed E-state index contributed by atoms with van der Waals surface area (Å²) in [6, 6.07) is 1.03. The number of hydrogen-bond donors (Lipinski definition) is 1. The summed E-state index contributed by atoms with van der Waals surface area (Å²) in [5.41, 5.74) is 4.20. The Hall–Kier alpha value is -1.15. The molecule has 0 aliphatic rings. The molecule has 8 heteroatoms. The van der Waals surface area contributed by atoms with Gasteiger partial charge in [0.15, 0.2) is 9.84 Å². The molecule has 0 aliphatic heterocycles.